The molecule has 0 aromatic heterocycles. The minimum absolute atomic E-state index is 0.0545. The number of allylic oxidation sites excluding steroid dienone is 1. The summed E-state index contributed by atoms with van der Waals surface area (Å²) in [5, 5.41) is 3.80. The first kappa shape index (κ1) is 28.8. The van der Waals surface area contributed by atoms with E-state index < -0.39 is 5.82 Å². The van der Waals surface area contributed by atoms with Gasteiger partial charge in [-0.1, -0.05) is 48.0 Å². The van der Waals surface area contributed by atoms with E-state index in [0.717, 1.165) is 49.1 Å². The van der Waals surface area contributed by atoms with Gasteiger partial charge in [-0.15, -0.1) is 0 Å². The molecule has 3 aromatic carbocycles. The molecule has 1 N–H and O–H groups in total. The quantitative estimate of drug-likeness (QED) is 0.258. The number of halogens is 2. The number of carbonyl (C=O) groups is 1. The molecule has 7 heteroatoms. The second-order valence-electron chi connectivity index (χ2n) is 11.9. The van der Waals surface area contributed by atoms with Crippen LogP contribution in [0.4, 0.5) is 4.39 Å². The van der Waals surface area contributed by atoms with E-state index in [4.69, 9.17) is 21.1 Å². The maximum atomic E-state index is 14.3. The minimum atomic E-state index is -0.487. The number of fused-ring (bicyclic) bond motifs is 1. The molecule has 2 aliphatic carbocycles. The van der Waals surface area contributed by atoms with Crippen molar-refractivity contribution in [2.24, 2.45) is 11.8 Å². The molecule has 0 spiro atoms. The Morgan fingerprint density at radius 1 is 0.976 bits per heavy atom. The summed E-state index contributed by atoms with van der Waals surface area (Å²) in [6.07, 6.45) is 3.05. The standard InChI is InChI=1S/C35H38ClFN2O3/c1-21-5-4-6-25(23(21)3)20-39(27-10-11-27)35(40)32-29(17-26-18-38-19-30(26)32)24-8-12-28(13-9-24)41-15-16-42-34-31(37)14-7-22(2)33(34)36/h4-9,12-14,26-27,30,38H,10-11,15-20H2,1-3H3/t26-,30+/m0/s1. The Bertz CT molecular complexity index is 1520. The highest BCUT2D eigenvalue weighted by Crippen LogP contribution is 2.46. The SMILES string of the molecule is Cc1cccc(CN(C(=O)C2=C(c3ccc(OCCOc4c(F)ccc(C)c4Cl)cc3)C[C@H]3CNC[C@@H]23)C2CC2)c1C. The number of rotatable bonds is 10. The Balaban J connectivity index is 1.18. The Labute approximate surface area is 252 Å². The van der Waals surface area contributed by atoms with Gasteiger partial charge < -0.3 is 19.7 Å². The molecule has 0 bridgehead atoms. The molecule has 1 amide bonds. The molecule has 2 fully saturated rings. The summed E-state index contributed by atoms with van der Waals surface area (Å²) < 4.78 is 25.6. The summed E-state index contributed by atoms with van der Waals surface area (Å²) >= 11 is 6.20. The summed E-state index contributed by atoms with van der Waals surface area (Å²) in [4.78, 5) is 16.5. The third-order valence-corrected chi connectivity index (χ3v) is 9.55. The molecule has 6 rings (SSSR count). The molecular formula is C35H38ClFN2O3. The van der Waals surface area contributed by atoms with Gasteiger partial charge in [0, 0.05) is 30.6 Å². The van der Waals surface area contributed by atoms with E-state index >= 15 is 0 Å². The number of carbonyl (C=O) groups excluding carboxylic acids is 1. The van der Waals surface area contributed by atoms with Crippen LogP contribution in [0.1, 0.15) is 47.1 Å². The molecule has 2 atom stereocenters. The lowest BCUT2D eigenvalue weighted by Gasteiger charge is -2.27. The van der Waals surface area contributed by atoms with Gasteiger partial charge in [0.1, 0.15) is 19.0 Å². The largest absolute Gasteiger partial charge is 0.490 e. The highest BCUT2D eigenvalue weighted by Gasteiger charge is 2.44. The van der Waals surface area contributed by atoms with E-state index in [9.17, 15) is 9.18 Å². The maximum Gasteiger partial charge on any atom is 0.250 e. The average molecular weight is 589 g/mol. The molecule has 1 heterocycles. The van der Waals surface area contributed by atoms with E-state index in [2.05, 4.69) is 54.4 Å². The fraction of sp³-hybridized carbons (Fsp3) is 0.400. The van der Waals surface area contributed by atoms with Crippen molar-refractivity contribution in [3.05, 3.63) is 98.8 Å². The topological polar surface area (TPSA) is 50.8 Å². The lowest BCUT2D eigenvalue weighted by atomic mass is 9.93. The first-order valence-corrected chi connectivity index (χ1v) is 15.3. The molecule has 0 unspecified atom stereocenters. The van der Waals surface area contributed by atoms with Crippen molar-refractivity contribution < 1.29 is 18.7 Å². The van der Waals surface area contributed by atoms with Gasteiger partial charge in [0.2, 0.25) is 0 Å². The van der Waals surface area contributed by atoms with Crippen molar-refractivity contribution >= 4 is 23.1 Å². The molecule has 5 nitrogen and oxygen atoms in total. The number of ether oxygens (including phenoxy) is 2. The van der Waals surface area contributed by atoms with Crippen molar-refractivity contribution in [2.45, 2.75) is 52.6 Å². The molecule has 220 valence electrons. The number of aryl methyl sites for hydroxylation is 2. The normalized spacial score (nSPS) is 19.6. The molecule has 0 radical (unpaired) electrons. The number of nitrogens with zero attached hydrogens (tertiary/aromatic N) is 1. The fourth-order valence-corrected chi connectivity index (χ4v) is 6.54. The molecule has 42 heavy (non-hydrogen) atoms. The zero-order valence-electron chi connectivity index (χ0n) is 24.5. The van der Waals surface area contributed by atoms with Crippen molar-refractivity contribution in [3.63, 3.8) is 0 Å². The number of benzene rings is 3. The highest BCUT2D eigenvalue weighted by molar-refractivity contribution is 6.32. The van der Waals surface area contributed by atoms with Crippen LogP contribution in [0.2, 0.25) is 5.02 Å². The smallest absolute Gasteiger partial charge is 0.250 e. The second kappa shape index (κ2) is 12.1. The third kappa shape index (κ3) is 5.80. The van der Waals surface area contributed by atoms with Crippen LogP contribution in [-0.2, 0) is 11.3 Å². The van der Waals surface area contributed by atoms with E-state index in [1.54, 1.807) is 6.07 Å². The molecule has 1 saturated carbocycles. The van der Waals surface area contributed by atoms with E-state index in [1.807, 2.05) is 19.1 Å². The molecule has 1 aliphatic heterocycles. The van der Waals surface area contributed by atoms with Crippen molar-refractivity contribution in [1.29, 1.82) is 0 Å². The van der Waals surface area contributed by atoms with Gasteiger partial charge in [-0.3, -0.25) is 4.79 Å². The Morgan fingerprint density at radius 2 is 1.74 bits per heavy atom. The lowest BCUT2D eigenvalue weighted by Crippen LogP contribution is -2.36. The van der Waals surface area contributed by atoms with Gasteiger partial charge in [-0.25, -0.2) is 4.39 Å². The van der Waals surface area contributed by atoms with Gasteiger partial charge in [-0.05, 0) is 104 Å². The second-order valence-corrected chi connectivity index (χ2v) is 12.3. The van der Waals surface area contributed by atoms with Gasteiger partial charge >= 0.3 is 0 Å². The first-order chi connectivity index (χ1) is 20.3. The van der Waals surface area contributed by atoms with Crippen LogP contribution in [0.15, 0.2) is 60.2 Å². The Morgan fingerprint density at radius 3 is 2.50 bits per heavy atom. The molecule has 3 aromatic rings. The van der Waals surface area contributed by atoms with Crippen LogP contribution in [0.3, 0.4) is 0 Å². The van der Waals surface area contributed by atoms with Crippen LogP contribution in [0.5, 0.6) is 11.5 Å². The minimum Gasteiger partial charge on any atom is -0.490 e. The van der Waals surface area contributed by atoms with Gasteiger partial charge in [0.15, 0.2) is 11.6 Å². The predicted octanol–water partition coefficient (Wildman–Crippen LogP) is 7.05. The fourth-order valence-electron chi connectivity index (χ4n) is 6.34. The Hall–Kier alpha value is -3.35. The molecule has 3 aliphatic rings. The van der Waals surface area contributed by atoms with Gasteiger partial charge in [-0.2, -0.15) is 0 Å². The van der Waals surface area contributed by atoms with Crippen LogP contribution in [0.25, 0.3) is 5.57 Å². The highest BCUT2D eigenvalue weighted by atomic mass is 35.5. The number of nitrogens with one attached hydrogen (secondary N) is 1. The lowest BCUT2D eigenvalue weighted by molar-refractivity contribution is -0.128. The van der Waals surface area contributed by atoms with Crippen LogP contribution in [-0.4, -0.2) is 43.2 Å². The first-order valence-electron chi connectivity index (χ1n) is 14.9. The summed E-state index contributed by atoms with van der Waals surface area (Å²) in [6.45, 7) is 8.97. The van der Waals surface area contributed by atoms with Crippen molar-refractivity contribution in [2.75, 3.05) is 26.3 Å². The zero-order chi connectivity index (χ0) is 29.4. The number of hydrogen-bond donors (Lipinski definition) is 1. The maximum absolute atomic E-state index is 14.3. The molecule has 1 saturated heterocycles. The van der Waals surface area contributed by atoms with E-state index in [1.165, 1.54) is 28.3 Å². The zero-order valence-corrected chi connectivity index (χ0v) is 25.3. The summed E-state index contributed by atoms with van der Waals surface area (Å²) in [5.74, 6) is 1.15. The average Bonchev–Trinajstić information content (AvgIpc) is 3.61. The van der Waals surface area contributed by atoms with Gasteiger partial charge in [0.25, 0.3) is 5.91 Å². The monoisotopic (exact) mass is 588 g/mol. The summed E-state index contributed by atoms with van der Waals surface area (Å²) in [7, 11) is 0. The predicted molar refractivity (Wildman–Crippen MR) is 164 cm³/mol. The summed E-state index contributed by atoms with van der Waals surface area (Å²) in [6, 6.07) is 17.7. The van der Waals surface area contributed by atoms with E-state index in [-0.39, 0.29) is 35.8 Å². The Kier molecular flexibility index (Phi) is 8.28. The van der Waals surface area contributed by atoms with Crippen LogP contribution < -0.4 is 14.8 Å². The van der Waals surface area contributed by atoms with Crippen molar-refractivity contribution in [1.82, 2.24) is 10.2 Å². The third-order valence-electron chi connectivity index (χ3n) is 9.08. The number of hydrogen-bond acceptors (Lipinski definition) is 4. The molecular weight excluding hydrogens is 551 g/mol. The van der Waals surface area contributed by atoms with E-state index in [0.29, 0.717) is 24.3 Å². The number of amides is 1. The van der Waals surface area contributed by atoms with Gasteiger partial charge in [0.05, 0.1) is 5.02 Å². The summed E-state index contributed by atoms with van der Waals surface area (Å²) in [5.41, 5.74) is 7.75. The van der Waals surface area contributed by atoms with Crippen LogP contribution >= 0.6 is 11.6 Å². The van der Waals surface area contributed by atoms with Crippen molar-refractivity contribution in [3.8, 4) is 11.5 Å². The van der Waals surface area contributed by atoms with Crippen LogP contribution in [0, 0.1) is 38.4 Å².